The molecular formula is C24H26N4O5. The fourth-order valence-corrected chi connectivity index (χ4v) is 2.92. The minimum Gasteiger partial charge on any atom is -0.467 e. The Morgan fingerprint density at radius 3 is 2.39 bits per heavy atom. The number of nitrogens with one attached hydrogen (secondary N) is 4. The molecule has 3 amide bonds. The van der Waals surface area contributed by atoms with Crippen molar-refractivity contribution >= 4 is 29.1 Å². The minimum atomic E-state index is -0.274. The lowest BCUT2D eigenvalue weighted by molar-refractivity contribution is -0.114. The first-order valence-electron chi connectivity index (χ1n) is 10.4. The molecular weight excluding hydrogens is 424 g/mol. The Labute approximate surface area is 191 Å². The maximum Gasteiger partial charge on any atom is 0.251 e. The molecule has 0 saturated carbocycles. The Morgan fingerprint density at radius 2 is 1.67 bits per heavy atom. The smallest absolute Gasteiger partial charge is 0.251 e. The predicted octanol–water partition coefficient (Wildman–Crippen LogP) is 2.64. The molecule has 9 heteroatoms. The predicted molar refractivity (Wildman–Crippen MR) is 124 cm³/mol. The minimum absolute atomic E-state index is 0.0221. The third-order valence-electron chi connectivity index (χ3n) is 4.60. The van der Waals surface area contributed by atoms with E-state index >= 15 is 0 Å². The van der Waals surface area contributed by atoms with E-state index in [1.807, 2.05) is 0 Å². The number of furan rings is 1. The van der Waals surface area contributed by atoms with Gasteiger partial charge >= 0.3 is 0 Å². The van der Waals surface area contributed by atoms with Gasteiger partial charge in [0.2, 0.25) is 5.91 Å². The SMILES string of the molecule is COCCNC(=O)c1ccc(NCC(=O)Nc2cccc(C(=O)NCc3ccco3)c2)cc1. The maximum absolute atomic E-state index is 12.3. The number of rotatable bonds is 11. The van der Waals surface area contributed by atoms with E-state index in [-0.39, 0.29) is 30.8 Å². The Morgan fingerprint density at radius 1 is 0.879 bits per heavy atom. The van der Waals surface area contributed by atoms with E-state index in [2.05, 4.69) is 21.3 Å². The van der Waals surface area contributed by atoms with Crippen LogP contribution in [0.5, 0.6) is 0 Å². The Kier molecular flexibility index (Phi) is 8.61. The molecule has 0 radical (unpaired) electrons. The van der Waals surface area contributed by atoms with Crippen LogP contribution >= 0.6 is 0 Å². The van der Waals surface area contributed by atoms with E-state index in [1.165, 1.54) is 0 Å². The van der Waals surface area contributed by atoms with Gasteiger partial charge in [-0.1, -0.05) is 6.07 Å². The van der Waals surface area contributed by atoms with Crippen LogP contribution in [0.3, 0.4) is 0 Å². The van der Waals surface area contributed by atoms with E-state index in [0.29, 0.717) is 41.4 Å². The van der Waals surface area contributed by atoms with Crippen LogP contribution < -0.4 is 21.3 Å². The molecule has 0 spiro atoms. The monoisotopic (exact) mass is 450 g/mol. The number of methoxy groups -OCH3 is 1. The second-order valence-corrected chi connectivity index (χ2v) is 7.07. The van der Waals surface area contributed by atoms with E-state index in [9.17, 15) is 14.4 Å². The van der Waals surface area contributed by atoms with Crippen molar-refractivity contribution in [3.63, 3.8) is 0 Å². The number of benzene rings is 2. The van der Waals surface area contributed by atoms with Gasteiger partial charge in [-0.15, -0.1) is 0 Å². The normalized spacial score (nSPS) is 10.3. The molecule has 0 aliphatic carbocycles. The van der Waals surface area contributed by atoms with Crippen LogP contribution in [0, 0.1) is 0 Å². The topological polar surface area (TPSA) is 122 Å². The van der Waals surface area contributed by atoms with Crippen molar-refractivity contribution in [1.29, 1.82) is 0 Å². The molecule has 9 nitrogen and oxygen atoms in total. The van der Waals surface area contributed by atoms with Crippen molar-refractivity contribution in [2.45, 2.75) is 6.54 Å². The highest BCUT2D eigenvalue weighted by Gasteiger charge is 2.09. The van der Waals surface area contributed by atoms with E-state index in [0.717, 1.165) is 0 Å². The highest BCUT2D eigenvalue weighted by molar-refractivity contribution is 5.98. The first-order valence-corrected chi connectivity index (χ1v) is 10.4. The average Bonchev–Trinajstić information content (AvgIpc) is 3.35. The number of anilines is 2. The summed E-state index contributed by atoms with van der Waals surface area (Å²) < 4.78 is 10.1. The Bertz CT molecular complexity index is 1060. The summed E-state index contributed by atoms with van der Waals surface area (Å²) >= 11 is 0. The maximum atomic E-state index is 12.3. The van der Waals surface area contributed by atoms with Gasteiger partial charge in [-0.2, -0.15) is 0 Å². The lowest BCUT2D eigenvalue weighted by atomic mass is 10.2. The van der Waals surface area contributed by atoms with Gasteiger partial charge in [0, 0.05) is 36.2 Å². The molecule has 0 atom stereocenters. The van der Waals surface area contributed by atoms with Crippen LogP contribution in [0.25, 0.3) is 0 Å². The summed E-state index contributed by atoms with van der Waals surface area (Å²) in [5.41, 5.74) is 2.15. The number of hydrogen-bond donors (Lipinski definition) is 4. The molecule has 0 unspecified atom stereocenters. The van der Waals surface area contributed by atoms with Crippen molar-refractivity contribution in [2.75, 3.05) is 37.4 Å². The van der Waals surface area contributed by atoms with Crippen molar-refractivity contribution in [3.8, 4) is 0 Å². The van der Waals surface area contributed by atoms with Crippen LogP contribution in [0.1, 0.15) is 26.5 Å². The quantitative estimate of drug-likeness (QED) is 0.333. The Balaban J connectivity index is 1.46. The summed E-state index contributed by atoms with van der Waals surface area (Å²) in [5.74, 6) is -0.0837. The zero-order valence-corrected chi connectivity index (χ0v) is 18.2. The van der Waals surface area contributed by atoms with Crippen LogP contribution in [-0.4, -0.2) is 44.5 Å². The molecule has 0 aliphatic heterocycles. The number of amides is 3. The molecule has 2 aromatic carbocycles. The molecule has 0 aliphatic rings. The van der Waals surface area contributed by atoms with Gasteiger partial charge < -0.3 is 30.4 Å². The summed E-state index contributed by atoms with van der Waals surface area (Å²) in [4.78, 5) is 36.6. The average molecular weight is 450 g/mol. The van der Waals surface area contributed by atoms with E-state index in [1.54, 1.807) is 74.0 Å². The van der Waals surface area contributed by atoms with Crippen LogP contribution in [0.15, 0.2) is 71.3 Å². The molecule has 1 heterocycles. The lowest BCUT2D eigenvalue weighted by Crippen LogP contribution is -2.27. The van der Waals surface area contributed by atoms with Gasteiger partial charge in [0.05, 0.1) is 26.0 Å². The second-order valence-electron chi connectivity index (χ2n) is 7.07. The molecule has 0 fully saturated rings. The van der Waals surface area contributed by atoms with Gasteiger partial charge in [-0.3, -0.25) is 14.4 Å². The van der Waals surface area contributed by atoms with Gasteiger partial charge in [0.15, 0.2) is 0 Å². The molecule has 4 N–H and O–H groups in total. The zero-order valence-electron chi connectivity index (χ0n) is 18.2. The largest absolute Gasteiger partial charge is 0.467 e. The first-order chi connectivity index (χ1) is 16.0. The van der Waals surface area contributed by atoms with Crippen LogP contribution in [0.2, 0.25) is 0 Å². The fraction of sp³-hybridized carbons (Fsp3) is 0.208. The molecule has 3 rings (SSSR count). The summed E-state index contributed by atoms with van der Waals surface area (Å²) in [7, 11) is 1.57. The van der Waals surface area contributed by atoms with Crippen molar-refractivity contribution in [2.24, 2.45) is 0 Å². The fourth-order valence-electron chi connectivity index (χ4n) is 2.92. The van der Waals surface area contributed by atoms with Gasteiger partial charge in [0.25, 0.3) is 11.8 Å². The highest BCUT2D eigenvalue weighted by atomic mass is 16.5. The molecule has 172 valence electrons. The van der Waals surface area contributed by atoms with Crippen molar-refractivity contribution in [3.05, 3.63) is 83.8 Å². The molecule has 0 bridgehead atoms. The third kappa shape index (κ3) is 7.51. The van der Waals surface area contributed by atoms with Crippen molar-refractivity contribution in [1.82, 2.24) is 10.6 Å². The summed E-state index contributed by atoms with van der Waals surface area (Å²) in [6.45, 7) is 1.18. The number of hydrogen-bond acceptors (Lipinski definition) is 6. The first kappa shape index (κ1) is 23.6. The number of ether oxygens (including phenoxy) is 1. The molecule has 0 saturated heterocycles. The van der Waals surface area contributed by atoms with Gasteiger partial charge in [-0.25, -0.2) is 0 Å². The standard InChI is InChI=1S/C24H26N4O5/c1-32-13-11-25-23(30)17-7-9-19(10-8-17)26-16-22(29)28-20-5-2-4-18(14-20)24(31)27-15-21-6-3-12-33-21/h2-10,12,14,26H,11,13,15-16H2,1H3,(H,25,30)(H,27,31)(H,28,29). The van der Waals surface area contributed by atoms with Crippen LogP contribution in [0.4, 0.5) is 11.4 Å². The Hall–Kier alpha value is -4.11. The second kappa shape index (κ2) is 12.1. The zero-order chi connectivity index (χ0) is 23.5. The summed E-state index contributed by atoms with van der Waals surface area (Å²) in [5, 5.41) is 11.3. The van der Waals surface area contributed by atoms with Crippen molar-refractivity contribution < 1.29 is 23.5 Å². The molecule has 3 aromatic rings. The molecule has 1 aromatic heterocycles. The third-order valence-corrected chi connectivity index (χ3v) is 4.60. The lowest BCUT2D eigenvalue weighted by Gasteiger charge is -2.10. The van der Waals surface area contributed by atoms with E-state index < -0.39 is 0 Å². The van der Waals surface area contributed by atoms with Gasteiger partial charge in [0.1, 0.15) is 5.76 Å². The molecule has 33 heavy (non-hydrogen) atoms. The number of carbonyl (C=O) groups excluding carboxylic acids is 3. The van der Waals surface area contributed by atoms with E-state index in [4.69, 9.17) is 9.15 Å². The van der Waals surface area contributed by atoms with Gasteiger partial charge in [-0.05, 0) is 54.6 Å². The van der Waals surface area contributed by atoms with Crippen LogP contribution in [-0.2, 0) is 16.1 Å². The highest BCUT2D eigenvalue weighted by Crippen LogP contribution is 2.12. The number of carbonyl (C=O) groups is 3. The summed E-state index contributed by atoms with van der Waals surface area (Å²) in [6, 6.07) is 17.0. The summed E-state index contributed by atoms with van der Waals surface area (Å²) in [6.07, 6.45) is 1.54.